The summed E-state index contributed by atoms with van der Waals surface area (Å²) in [5, 5.41) is 0. The Morgan fingerprint density at radius 1 is 1.21 bits per heavy atom. The van der Waals surface area contributed by atoms with E-state index in [-0.39, 0.29) is 17.9 Å². The van der Waals surface area contributed by atoms with Crippen LogP contribution in [-0.4, -0.2) is 29.3 Å². The second-order valence-electron chi connectivity index (χ2n) is 3.53. The molecule has 1 rings (SSSR count). The monoisotopic (exact) mass is 196 g/mol. The van der Waals surface area contributed by atoms with Crippen LogP contribution in [0.15, 0.2) is 11.1 Å². The number of hydrogen-bond acceptors (Lipinski definition) is 3. The van der Waals surface area contributed by atoms with E-state index in [1.165, 1.54) is 4.90 Å². The van der Waals surface area contributed by atoms with E-state index in [0.717, 1.165) is 0 Å². The summed E-state index contributed by atoms with van der Waals surface area (Å²) in [7, 11) is 0. The summed E-state index contributed by atoms with van der Waals surface area (Å²) in [4.78, 5) is 24.6. The third-order valence-electron chi connectivity index (χ3n) is 2.75. The van der Waals surface area contributed by atoms with E-state index in [1.54, 1.807) is 13.8 Å². The van der Waals surface area contributed by atoms with Crippen molar-refractivity contribution in [2.45, 2.75) is 33.2 Å². The molecule has 0 aliphatic carbocycles. The van der Waals surface area contributed by atoms with Crippen molar-refractivity contribution in [1.29, 1.82) is 0 Å². The van der Waals surface area contributed by atoms with Crippen molar-refractivity contribution in [3.8, 4) is 0 Å². The van der Waals surface area contributed by atoms with Gasteiger partial charge in [-0.15, -0.1) is 0 Å². The molecule has 0 spiro atoms. The smallest absolute Gasteiger partial charge is 0.257 e. The molecule has 78 valence electrons. The lowest BCUT2D eigenvalue weighted by molar-refractivity contribution is -0.140. The van der Waals surface area contributed by atoms with Crippen LogP contribution >= 0.6 is 0 Å². The molecular weight excluding hydrogens is 180 g/mol. The first-order valence-corrected chi connectivity index (χ1v) is 4.80. The average Bonchev–Trinajstić information content (AvgIpc) is 2.37. The van der Waals surface area contributed by atoms with Crippen LogP contribution in [0, 0.1) is 0 Å². The Balaban J connectivity index is 2.96. The Kier molecular flexibility index (Phi) is 3.06. The second kappa shape index (κ2) is 3.92. The maximum absolute atomic E-state index is 11.7. The molecule has 1 heterocycles. The van der Waals surface area contributed by atoms with Gasteiger partial charge in [0.1, 0.15) is 0 Å². The zero-order chi connectivity index (χ0) is 10.9. The van der Waals surface area contributed by atoms with Crippen LogP contribution < -0.4 is 5.73 Å². The summed E-state index contributed by atoms with van der Waals surface area (Å²) < 4.78 is 0. The van der Waals surface area contributed by atoms with E-state index in [2.05, 4.69) is 0 Å². The molecule has 1 aliphatic heterocycles. The van der Waals surface area contributed by atoms with Crippen molar-refractivity contribution in [1.82, 2.24) is 4.90 Å². The van der Waals surface area contributed by atoms with E-state index in [9.17, 15) is 9.59 Å². The van der Waals surface area contributed by atoms with Crippen molar-refractivity contribution in [2.24, 2.45) is 5.73 Å². The summed E-state index contributed by atoms with van der Waals surface area (Å²) >= 11 is 0. The minimum Gasteiger partial charge on any atom is -0.328 e. The number of carbonyl (C=O) groups excluding carboxylic acids is 2. The first-order chi connectivity index (χ1) is 6.54. The van der Waals surface area contributed by atoms with Crippen LogP contribution in [-0.2, 0) is 9.59 Å². The number of nitrogens with zero attached hydrogens (tertiary/aromatic N) is 1. The van der Waals surface area contributed by atoms with E-state index in [4.69, 9.17) is 5.73 Å². The van der Waals surface area contributed by atoms with Crippen LogP contribution in [0.5, 0.6) is 0 Å². The lowest BCUT2D eigenvalue weighted by Gasteiger charge is -2.24. The fourth-order valence-electron chi connectivity index (χ4n) is 1.56. The molecule has 1 unspecified atom stereocenters. The molecule has 4 heteroatoms. The molecular formula is C10H16N2O2. The highest BCUT2D eigenvalue weighted by atomic mass is 16.2. The Morgan fingerprint density at radius 3 is 1.93 bits per heavy atom. The molecule has 2 amide bonds. The highest BCUT2D eigenvalue weighted by Gasteiger charge is 2.36. The Labute approximate surface area is 83.8 Å². The quantitative estimate of drug-likeness (QED) is 0.666. The summed E-state index contributed by atoms with van der Waals surface area (Å²) in [6.07, 6.45) is 0.703. The number of nitrogens with two attached hydrogens (primary N) is 1. The van der Waals surface area contributed by atoms with Crippen LogP contribution in [0.1, 0.15) is 27.2 Å². The highest BCUT2D eigenvalue weighted by Crippen LogP contribution is 2.22. The first kappa shape index (κ1) is 10.9. The topological polar surface area (TPSA) is 63.4 Å². The van der Waals surface area contributed by atoms with Crippen LogP contribution in [0.4, 0.5) is 0 Å². The molecule has 0 aromatic heterocycles. The summed E-state index contributed by atoms with van der Waals surface area (Å²) in [5.74, 6) is -0.380. The van der Waals surface area contributed by atoms with Gasteiger partial charge < -0.3 is 5.73 Å². The molecule has 1 aliphatic rings. The lowest BCUT2D eigenvalue weighted by atomic mass is 10.2. The van der Waals surface area contributed by atoms with Crippen molar-refractivity contribution < 1.29 is 9.59 Å². The van der Waals surface area contributed by atoms with E-state index in [0.29, 0.717) is 24.1 Å². The van der Waals surface area contributed by atoms with Gasteiger partial charge in [-0.3, -0.25) is 14.5 Å². The molecule has 0 saturated heterocycles. The zero-order valence-corrected chi connectivity index (χ0v) is 8.83. The lowest BCUT2D eigenvalue weighted by Crippen LogP contribution is -2.44. The third kappa shape index (κ3) is 1.46. The predicted octanol–water partition coefficient (Wildman–Crippen LogP) is 0.429. The maximum atomic E-state index is 11.7. The van der Waals surface area contributed by atoms with Gasteiger partial charge in [-0.25, -0.2) is 0 Å². The second-order valence-corrected chi connectivity index (χ2v) is 3.53. The number of hydrogen-bond donors (Lipinski definition) is 1. The Morgan fingerprint density at radius 2 is 1.64 bits per heavy atom. The van der Waals surface area contributed by atoms with Gasteiger partial charge >= 0.3 is 0 Å². The zero-order valence-electron chi connectivity index (χ0n) is 8.83. The summed E-state index contributed by atoms with van der Waals surface area (Å²) in [6.45, 7) is 5.60. The fraction of sp³-hybridized carbons (Fsp3) is 0.600. The van der Waals surface area contributed by atoms with Crippen molar-refractivity contribution >= 4 is 11.8 Å². The average molecular weight is 196 g/mol. The third-order valence-corrected chi connectivity index (χ3v) is 2.75. The minimum atomic E-state index is -0.190. The highest BCUT2D eigenvalue weighted by molar-refractivity contribution is 6.18. The first-order valence-electron chi connectivity index (χ1n) is 4.80. The van der Waals surface area contributed by atoms with E-state index in [1.807, 2.05) is 6.92 Å². The number of rotatable bonds is 3. The molecule has 2 N–H and O–H groups in total. The van der Waals surface area contributed by atoms with Gasteiger partial charge in [-0.05, 0) is 20.3 Å². The molecule has 14 heavy (non-hydrogen) atoms. The largest absolute Gasteiger partial charge is 0.328 e. The Hall–Kier alpha value is -1.16. The molecule has 0 saturated carbocycles. The van der Waals surface area contributed by atoms with Gasteiger partial charge in [0.25, 0.3) is 11.8 Å². The van der Waals surface area contributed by atoms with Gasteiger partial charge in [0.15, 0.2) is 0 Å². The predicted molar refractivity (Wildman–Crippen MR) is 53.4 cm³/mol. The molecule has 0 aromatic rings. The van der Waals surface area contributed by atoms with Crippen LogP contribution in [0.25, 0.3) is 0 Å². The van der Waals surface area contributed by atoms with Gasteiger partial charge in [-0.1, -0.05) is 6.92 Å². The SMILES string of the molecule is CCC(CN)N1C(=O)C(C)=C(C)C1=O. The fourth-order valence-corrected chi connectivity index (χ4v) is 1.56. The number of carbonyl (C=O) groups is 2. The van der Waals surface area contributed by atoms with Gasteiger partial charge in [0.05, 0.1) is 6.04 Å². The molecule has 0 bridgehead atoms. The molecule has 4 nitrogen and oxygen atoms in total. The number of imide groups is 1. The van der Waals surface area contributed by atoms with Gasteiger partial charge in [-0.2, -0.15) is 0 Å². The Bertz CT molecular complexity index is 279. The van der Waals surface area contributed by atoms with Gasteiger partial charge in [0.2, 0.25) is 0 Å². The maximum Gasteiger partial charge on any atom is 0.257 e. The minimum absolute atomic E-state index is 0.164. The molecule has 0 radical (unpaired) electrons. The summed E-state index contributed by atoms with van der Waals surface area (Å²) in [6, 6.07) is -0.164. The standard InChI is InChI=1S/C10H16N2O2/c1-4-8(5-11)12-9(13)6(2)7(3)10(12)14/h8H,4-5,11H2,1-3H3. The van der Waals surface area contributed by atoms with Gasteiger partial charge in [0, 0.05) is 17.7 Å². The summed E-state index contributed by atoms with van der Waals surface area (Å²) in [5.41, 5.74) is 6.60. The van der Waals surface area contributed by atoms with Crippen LogP contribution in [0.2, 0.25) is 0 Å². The molecule has 1 atom stereocenters. The molecule has 0 fully saturated rings. The molecule has 0 aromatic carbocycles. The van der Waals surface area contributed by atoms with E-state index >= 15 is 0 Å². The van der Waals surface area contributed by atoms with Crippen molar-refractivity contribution in [3.05, 3.63) is 11.1 Å². The normalized spacial score (nSPS) is 19.6. The van der Waals surface area contributed by atoms with Crippen molar-refractivity contribution in [2.75, 3.05) is 6.54 Å². The van der Waals surface area contributed by atoms with Crippen LogP contribution in [0.3, 0.4) is 0 Å². The van der Waals surface area contributed by atoms with E-state index < -0.39 is 0 Å². The van der Waals surface area contributed by atoms with Crippen molar-refractivity contribution in [3.63, 3.8) is 0 Å². The number of amides is 2.